The summed E-state index contributed by atoms with van der Waals surface area (Å²) in [7, 11) is 1.65. The van der Waals surface area contributed by atoms with Crippen LogP contribution in [0.25, 0.3) is 0 Å². The Kier molecular flexibility index (Phi) is 6.85. The molecule has 4 nitrogen and oxygen atoms in total. The second-order valence-corrected chi connectivity index (χ2v) is 5.61. The van der Waals surface area contributed by atoms with Gasteiger partial charge in [0.15, 0.2) is 12.4 Å². The molecule has 0 saturated heterocycles. The van der Waals surface area contributed by atoms with Gasteiger partial charge in [-0.05, 0) is 19.4 Å². The van der Waals surface area contributed by atoms with Crippen LogP contribution >= 0.6 is 0 Å². The molecule has 2 rings (SSSR count). The van der Waals surface area contributed by atoms with Crippen LogP contribution in [0.3, 0.4) is 0 Å². The monoisotopic (exact) mass is 315 g/mol. The maximum Gasteiger partial charge on any atom is 0.222 e. The summed E-state index contributed by atoms with van der Waals surface area (Å²) in [5, 5.41) is 0. The van der Waals surface area contributed by atoms with E-state index < -0.39 is 0 Å². The van der Waals surface area contributed by atoms with Crippen molar-refractivity contribution >= 4 is 5.90 Å². The molecule has 0 aromatic carbocycles. The second-order valence-electron chi connectivity index (χ2n) is 5.61. The van der Waals surface area contributed by atoms with Gasteiger partial charge in [0.25, 0.3) is 0 Å². The third-order valence-corrected chi connectivity index (χ3v) is 3.84. The van der Waals surface area contributed by atoms with Crippen LogP contribution in [-0.2, 0) is 16.0 Å². The van der Waals surface area contributed by atoms with E-state index in [1.807, 2.05) is 19.1 Å². The molecule has 0 atom stereocenters. The number of hydrogen-bond donors (Lipinski definition) is 0. The van der Waals surface area contributed by atoms with Gasteiger partial charge in [-0.1, -0.05) is 19.8 Å². The zero-order valence-corrected chi connectivity index (χ0v) is 14.4. The van der Waals surface area contributed by atoms with E-state index >= 15 is 0 Å². The number of unbranched alkanes of at least 4 members (excludes halogenated alkanes) is 3. The lowest BCUT2D eigenvalue weighted by molar-refractivity contribution is -0.697. The number of ether oxygens (including phenoxy) is 2. The van der Waals surface area contributed by atoms with E-state index in [2.05, 4.69) is 41.0 Å². The number of hydrogen-bond acceptors (Lipinski definition) is 3. The van der Waals surface area contributed by atoms with Crippen LogP contribution < -0.4 is 4.57 Å². The molecule has 0 spiro atoms. The fourth-order valence-electron chi connectivity index (χ4n) is 2.45. The molecule has 1 aromatic heterocycles. The van der Waals surface area contributed by atoms with Crippen molar-refractivity contribution < 1.29 is 14.0 Å². The third-order valence-electron chi connectivity index (χ3n) is 3.84. The van der Waals surface area contributed by atoms with Crippen LogP contribution in [0.2, 0.25) is 0 Å². The summed E-state index contributed by atoms with van der Waals surface area (Å²) in [5.74, 6) is 2.28. The van der Waals surface area contributed by atoms with E-state index in [0.29, 0.717) is 12.4 Å². The van der Waals surface area contributed by atoms with Crippen LogP contribution in [0.4, 0.5) is 0 Å². The van der Waals surface area contributed by atoms with E-state index in [9.17, 15) is 0 Å². The normalized spacial score (nSPS) is 16.4. The molecular formula is C19H27N2O2+. The Morgan fingerprint density at radius 3 is 2.74 bits per heavy atom. The Labute approximate surface area is 139 Å². The highest BCUT2D eigenvalue weighted by molar-refractivity contribution is 5.95. The summed E-state index contributed by atoms with van der Waals surface area (Å²) < 4.78 is 13.3. The molecule has 0 amide bonds. The first-order chi connectivity index (χ1) is 11.3. The Balaban J connectivity index is 1.91. The Morgan fingerprint density at radius 2 is 2.09 bits per heavy atom. The predicted molar refractivity (Wildman–Crippen MR) is 92.1 cm³/mol. The van der Waals surface area contributed by atoms with Crippen molar-refractivity contribution in [2.45, 2.75) is 46.1 Å². The highest BCUT2D eigenvalue weighted by atomic mass is 16.5. The van der Waals surface area contributed by atoms with Gasteiger partial charge in [0.2, 0.25) is 5.90 Å². The lowest BCUT2D eigenvalue weighted by Gasteiger charge is -2.04. The average Bonchev–Trinajstić information content (AvgIpc) is 3.06. The predicted octanol–water partition coefficient (Wildman–Crippen LogP) is 3.77. The number of aliphatic imine (C=N–C) groups is 1. The molecule has 0 fully saturated rings. The molecule has 0 N–H and O–H groups in total. The number of nitrogens with zero attached hydrogens (tertiary/aromatic N) is 2. The van der Waals surface area contributed by atoms with E-state index in [-0.39, 0.29) is 0 Å². The van der Waals surface area contributed by atoms with Gasteiger partial charge >= 0.3 is 0 Å². The van der Waals surface area contributed by atoms with Crippen LogP contribution in [0.15, 0.2) is 53.2 Å². The second kappa shape index (κ2) is 9.13. The van der Waals surface area contributed by atoms with Crippen LogP contribution in [0.1, 0.15) is 45.1 Å². The maximum atomic E-state index is 5.82. The molecule has 0 saturated carbocycles. The first-order valence-corrected chi connectivity index (χ1v) is 8.39. The van der Waals surface area contributed by atoms with E-state index in [0.717, 1.165) is 23.6 Å². The number of methoxy groups -OCH3 is 1. The zero-order chi connectivity index (χ0) is 16.5. The van der Waals surface area contributed by atoms with Crippen LogP contribution in [-0.4, -0.2) is 19.6 Å². The van der Waals surface area contributed by atoms with Gasteiger partial charge in [-0.25, -0.2) is 9.56 Å². The molecule has 0 aliphatic carbocycles. The molecule has 1 aliphatic heterocycles. The number of aryl methyl sites for hydroxylation is 1. The molecule has 0 radical (unpaired) electrons. The molecule has 1 aromatic rings. The van der Waals surface area contributed by atoms with Gasteiger partial charge in [-0.3, -0.25) is 0 Å². The van der Waals surface area contributed by atoms with Crippen molar-refractivity contribution in [3.05, 3.63) is 53.8 Å². The quantitative estimate of drug-likeness (QED) is 0.416. The minimum Gasteiger partial charge on any atom is -0.497 e. The van der Waals surface area contributed by atoms with E-state index in [1.165, 1.54) is 25.7 Å². The third kappa shape index (κ3) is 5.23. The largest absolute Gasteiger partial charge is 0.497 e. The van der Waals surface area contributed by atoms with E-state index in [1.54, 1.807) is 7.11 Å². The van der Waals surface area contributed by atoms with Crippen molar-refractivity contribution in [3.8, 4) is 0 Å². The topological polar surface area (TPSA) is 34.7 Å². The lowest BCUT2D eigenvalue weighted by atomic mass is 10.2. The standard InChI is InChI=1S/C19H27N2O2/c1-4-6-7-8-11-21-12-9-16(10-13-21)19-20-15-18(23-19)14-17(5-2)22-3/h5,9-10,12-14H,4,6-8,11,15H2,1-3H3/q+1/b17-5+,18-14+. The molecule has 23 heavy (non-hydrogen) atoms. The number of pyridine rings is 1. The fraction of sp³-hybridized carbons (Fsp3) is 0.474. The van der Waals surface area contributed by atoms with Gasteiger partial charge in [-0.15, -0.1) is 0 Å². The average molecular weight is 315 g/mol. The van der Waals surface area contributed by atoms with Crippen molar-refractivity contribution in [2.75, 3.05) is 13.7 Å². The fourth-order valence-corrected chi connectivity index (χ4v) is 2.45. The summed E-state index contributed by atoms with van der Waals surface area (Å²) in [6, 6.07) is 4.13. The maximum absolute atomic E-state index is 5.82. The Morgan fingerprint density at radius 1 is 1.30 bits per heavy atom. The van der Waals surface area contributed by atoms with Crippen LogP contribution in [0.5, 0.6) is 0 Å². The van der Waals surface area contributed by atoms with Crippen molar-refractivity contribution in [3.63, 3.8) is 0 Å². The summed E-state index contributed by atoms with van der Waals surface area (Å²) in [6.07, 6.45) is 13.1. The minimum absolute atomic E-state index is 0.557. The van der Waals surface area contributed by atoms with Gasteiger partial charge < -0.3 is 9.47 Å². The number of allylic oxidation sites excluding steroid dienone is 2. The number of aromatic nitrogens is 1. The molecule has 124 valence electrons. The summed E-state index contributed by atoms with van der Waals surface area (Å²) in [5.41, 5.74) is 1.01. The summed E-state index contributed by atoms with van der Waals surface area (Å²) in [4.78, 5) is 4.46. The molecule has 2 heterocycles. The van der Waals surface area contributed by atoms with Gasteiger partial charge in [0.05, 0.1) is 7.11 Å². The van der Waals surface area contributed by atoms with Gasteiger partial charge in [-0.2, -0.15) is 0 Å². The number of rotatable bonds is 8. The summed E-state index contributed by atoms with van der Waals surface area (Å²) in [6.45, 7) is 5.79. The highest BCUT2D eigenvalue weighted by Crippen LogP contribution is 2.16. The SMILES string of the molecule is C/C=C(\C=C1/CN=C(c2cc[n+](CCCCCC)cc2)O1)OC. The molecular weight excluding hydrogens is 288 g/mol. The van der Waals surface area contributed by atoms with Crippen LogP contribution in [0, 0.1) is 0 Å². The lowest BCUT2D eigenvalue weighted by Crippen LogP contribution is -2.32. The molecule has 0 bridgehead atoms. The first kappa shape index (κ1) is 17.3. The molecule has 0 unspecified atom stereocenters. The smallest absolute Gasteiger partial charge is 0.222 e. The molecule has 4 heteroatoms. The van der Waals surface area contributed by atoms with Crippen molar-refractivity contribution in [2.24, 2.45) is 4.99 Å². The van der Waals surface area contributed by atoms with Crippen molar-refractivity contribution in [1.29, 1.82) is 0 Å². The minimum atomic E-state index is 0.557. The van der Waals surface area contributed by atoms with Crippen molar-refractivity contribution in [1.82, 2.24) is 0 Å². The highest BCUT2D eigenvalue weighted by Gasteiger charge is 2.16. The first-order valence-electron chi connectivity index (χ1n) is 8.39. The Bertz CT molecular complexity index is 586. The van der Waals surface area contributed by atoms with E-state index in [4.69, 9.17) is 9.47 Å². The van der Waals surface area contributed by atoms with Gasteiger partial charge in [0, 0.05) is 30.2 Å². The summed E-state index contributed by atoms with van der Waals surface area (Å²) >= 11 is 0. The zero-order valence-electron chi connectivity index (χ0n) is 14.4. The molecule has 1 aliphatic rings. The Hall–Kier alpha value is -2.10. The van der Waals surface area contributed by atoms with Gasteiger partial charge in [0.1, 0.15) is 24.6 Å².